The van der Waals surface area contributed by atoms with Crippen LogP contribution in [0.25, 0.3) is 10.1 Å². The number of fused-ring (bicyclic) bond motifs is 2. The monoisotopic (exact) mass is 481 g/mol. The number of benzene rings is 2. The molecule has 2 aliphatic rings. The zero-order valence-corrected chi connectivity index (χ0v) is 20.3. The van der Waals surface area contributed by atoms with E-state index in [0.717, 1.165) is 55.0 Å². The quantitative estimate of drug-likeness (QED) is 0.520. The summed E-state index contributed by atoms with van der Waals surface area (Å²) in [6.45, 7) is 7.29. The van der Waals surface area contributed by atoms with Crippen molar-refractivity contribution < 1.29 is 9.59 Å². The second-order valence-corrected chi connectivity index (χ2v) is 10.7. The van der Waals surface area contributed by atoms with Crippen LogP contribution in [0.1, 0.15) is 32.0 Å². The van der Waals surface area contributed by atoms with Gasteiger partial charge in [-0.2, -0.15) is 0 Å². The maximum Gasteiger partial charge on any atom is 0.263 e. The molecule has 2 unspecified atom stereocenters. The molecule has 5 rings (SSSR count). The minimum Gasteiger partial charge on any atom is -0.352 e. The Hall–Kier alpha value is -2.41. The lowest BCUT2D eigenvalue weighted by atomic mass is 10.0. The van der Waals surface area contributed by atoms with Gasteiger partial charge in [0.1, 0.15) is 0 Å². The third-order valence-electron chi connectivity index (χ3n) is 6.86. The molecular weight excluding hydrogens is 454 g/mol. The molecule has 2 aromatic carbocycles. The van der Waals surface area contributed by atoms with Crippen LogP contribution in [-0.2, 0) is 0 Å². The summed E-state index contributed by atoms with van der Waals surface area (Å²) in [7, 11) is 0. The van der Waals surface area contributed by atoms with Crippen molar-refractivity contribution in [1.29, 1.82) is 0 Å². The Labute approximate surface area is 203 Å². The molecule has 0 radical (unpaired) electrons. The van der Waals surface area contributed by atoms with Crippen molar-refractivity contribution in [2.75, 3.05) is 39.3 Å². The highest BCUT2D eigenvalue weighted by molar-refractivity contribution is 7.20. The van der Waals surface area contributed by atoms with Crippen LogP contribution >= 0.6 is 22.9 Å². The fourth-order valence-electron chi connectivity index (χ4n) is 5.02. The van der Waals surface area contributed by atoms with Gasteiger partial charge in [0.05, 0.1) is 4.88 Å². The molecule has 2 saturated heterocycles. The van der Waals surface area contributed by atoms with Crippen LogP contribution in [-0.4, -0.2) is 60.9 Å². The van der Waals surface area contributed by atoms with E-state index < -0.39 is 0 Å². The zero-order chi connectivity index (χ0) is 22.9. The maximum absolute atomic E-state index is 13.0. The number of amides is 2. The number of nitrogens with one attached hydrogen (secondary N) is 1. The third-order valence-corrected chi connectivity index (χ3v) is 8.37. The number of likely N-dealkylation sites (tertiary alicyclic amines) is 2. The van der Waals surface area contributed by atoms with E-state index in [-0.39, 0.29) is 11.8 Å². The van der Waals surface area contributed by atoms with Crippen LogP contribution in [0.5, 0.6) is 0 Å². The van der Waals surface area contributed by atoms with E-state index >= 15 is 0 Å². The Kier molecular flexibility index (Phi) is 6.41. The van der Waals surface area contributed by atoms with Crippen molar-refractivity contribution in [3.63, 3.8) is 0 Å². The first-order valence-corrected chi connectivity index (χ1v) is 12.7. The van der Waals surface area contributed by atoms with Crippen molar-refractivity contribution in [2.24, 2.45) is 11.8 Å². The van der Waals surface area contributed by atoms with Gasteiger partial charge in [0.15, 0.2) is 0 Å². The lowest BCUT2D eigenvalue weighted by Crippen LogP contribution is -2.34. The van der Waals surface area contributed by atoms with Crippen LogP contribution in [0.2, 0.25) is 5.02 Å². The Morgan fingerprint density at radius 1 is 1.06 bits per heavy atom. The summed E-state index contributed by atoms with van der Waals surface area (Å²) in [4.78, 5) is 30.7. The fourth-order valence-corrected chi connectivity index (χ4v) is 6.23. The van der Waals surface area contributed by atoms with Crippen molar-refractivity contribution in [3.8, 4) is 0 Å². The van der Waals surface area contributed by atoms with Gasteiger partial charge in [-0.3, -0.25) is 9.59 Å². The normalized spacial score (nSPS) is 20.4. The number of carbonyl (C=O) groups is 2. The summed E-state index contributed by atoms with van der Waals surface area (Å²) in [6.07, 6.45) is 0.912. The molecule has 0 saturated carbocycles. The average molecular weight is 482 g/mol. The van der Waals surface area contributed by atoms with Crippen molar-refractivity contribution in [2.45, 2.75) is 13.3 Å². The predicted octanol–water partition coefficient (Wildman–Crippen LogP) is 4.69. The smallest absolute Gasteiger partial charge is 0.263 e. The van der Waals surface area contributed by atoms with Gasteiger partial charge in [-0.05, 0) is 66.9 Å². The van der Waals surface area contributed by atoms with E-state index in [2.05, 4.69) is 22.3 Å². The average Bonchev–Trinajstić information content (AvgIpc) is 3.50. The molecule has 2 atom stereocenters. The van der Waals surface area contributed by atoms with Crippen molar-refractivity contribution in [1.82, 2.24) is 15.1 Å². The van der Waals surface area contributed by atoms with E-state index in [1.54, 1.807) is 17.4 Å². The number of thiophene rings is 1. The van der Waals surface area contributed by atoms with E-state index in [4.69, 9.17) is 11.6 Å². The summed E-state index contributed by atoms with van der Waals surface area (Å²) in [5.74, 6) is 1.20. The van der Waals surface area contributed by atoms with Gasteiger partial charge in [0, 0.05) is 48.0 Å². The number of aryl methyl sites for hydroxylation is 1. The molecule has 3 heterocycles. The highest BCUT2D eigenvalue weighted by Crippen LogP contribution is 2.33. The van der Waals surface area contributed by atoms with Crippen molar-refractivity contribution >= 4 is 44.8 Å². The topological polar surface area (TPSA) is 52.7 Å². The molecule has 2 amide bonds. The number of nitrogens with zero attached hydrogens (tertiary/aromatic N) is 2. The van der Waals surface area contributed by atoms with Crippen LogP contribution < -0.4 is 5.32 Å². The lowest BCUT2D eigenvalue weighted by Gasteiger charge is -2.21. The SMILES string of the molecule is Cc1ccc(C(=O)NCCCN2CC3CN(C(=O)c4cc5ccccc5s4)CC3C2)cc1Cl. The molecule has 0 bridgehead atoms. The first-order chi connectivity index (χ1) is 16.0. The Bertz CT molecular complexity index is 1150. The Morgan fingerprint density at radius 2 is 1.82 bits per heavy atom. The van der Waals surface area contributed by atoms with Gasteiger partial charge < -0.3 is 15.1 Å². The first-order valence-electron chi connectivity index (χ1n) is 11.5. The van der Waals surface area contributed by atoms with Gasteiger partial charge in [-0.1, -0.05) is 35.9 Å². The van der Waals surface area contributed by atoms with Crippen LogP contribution in [0.4, 0.5) is 0 Å². The molecule has 0 aliphatic carbocycles. The molecule has 1 N–H and O–H groups in total. The summed E-state index contributed by atoms with van der Waals surface area (Å²) < 4.78 is 1.17. The highest BCUT2D eigenvalue weighted by Gasteiger charge is 2.41. The van der Waals surface area contributed by atoms with Gasteiger partial charge >= 0.3 is 0 Å². The molecule has 2 fully saturated rings. The number of hydrogen-bond donors (Lipinski definition) is 1. The fraction of sp³-hybridized carbons (Fsp3) is 0.385. The zero-order valence-electron chi connectivity index (χ0n) is 18.7. The predicted molar refractivity (Wildman–Crippen MR) is 134 cm³/mol. The maximum atomic E-state index is 13.0. The largest absolute Gasteiger partial charge is 0.352 e. The third kappa shape index (κ3) is 4.79. The summed E-state index contributed by atoms with van der Waals surface area (Å²) in [5, 5.41) is 4.76. The second-order valence-electron chi connectivity index (χ2n) is 9.21. The number of halogens is 1. The molecule has 172 valence electrons. The number of carbonyl (C=O) groups excluding carboxylic acids is 2. The van der Waals surface area contributed by atoms with E-state index in [1.165, 1.54) is 4.70 Å². The molecule has 3 aromatic rings. The summed E-state index contributed by atoms with van der Waals surface area (Å²) in [5.41, 5.74) is 1.57. The van der Waals surface area contributed by atoms with Gasteiger partial charge in [0.25, 0.3) is 11.8 Å². The molecule has 1 aromatic heterocycles. The van der Waals surface area contributed by atoms with Crippen LogP contribution in [0, 0.1) is 18.8 Å². The van der Waals surface area contributed by atoms with Crippen LogP contribution in [0.3, 0.4) is 0 Å². The summed E-state index contributed by atoms with van der Waals surface area (Å²) in [6, 6.07) is 15.6. The lowest BCUT2D eigenvalue weighted by molar-refractivity contribution is 0.0779. The first kappa shape index (κ1) is 22.4. The second kappa shape index (κ2) is 9.45. The minimum absolute atomic E-state index is 0.0782. The van der Waals surface area contributed by atoms with Crippen molar-refractivity contribution in [3.05, 3.63) is 69.6 Å². The number of rotatable bonds is 6. The molecule has 7 heteroatoms. The minimum atomic E-state index is -0.0782. The van der Waals surface area contributed by atoms with Gasteiger partial charge in [-0.15, -0.1) is 11.3 Å². The van der Waals surface area contributed by atoms with E-state index in [0.29, 0.717) is 29.0 Å². The Morgan fingerprint density at radius 3 is 2.55 bits per heavy atom. The van der Waals surface area contributed by atoms with Gasteiger partial charge in [0.2, 0.25) is 0 Å². The molecule has 0 spiro atoms. The van der Waals surface area contributed by atoms with E-state index in [1.807, 2.05) is 42.2 Å². The summed E-state index contributed by atoms with van der Waals surface area (Å²) >= 11 is 7.72. The Balaban J connectivity index is 1.06. The molecule has 2 aliphatic heterocycles. The van der Waals surface area contributed by atoms with Crippen LogP contribution in [0.15, 0.2) is 48.5 Å². The molecule has 5 nitrogen and oxygen atoms in total. The molecule has 33 heavy (non-hydrogen) atoms. The van der Waals surface area contributed by atoms with Gasteiger partial charge in [-0.25, -0.2) is 0 Å². The van der Waals surface area contributed by atoms with E-state index in [9.17, 15) is 9.59 Å². The standard InChI is InChI=1S/C26H28ClN3O2S/c1-17-7-8-19(11-22(17)27)25(31)28-9-4-10-29-13-20-15-30(16-21(20)14-29)26(32)24-12-18-5-2-3-6-23(18)33-24/h2-3,5-8,11-12,20-21H,4,9-10,13-16H2,1H3,(H,28,31). The molecular formula is C26H28ClN3O2S. The number of hydrogen-bond acceptors (Lipinski definition) is 4. The highest BCUT2D eigenvalue weighted by atomic mass is 35.5.